The molecular weight excluding hydrogens is 260 g/mol. The van der Waals surface area contributed by atoms with Gasteiger partial charge in [0, 0.05) is 24.8 Å². The number of hydrogen-bond donors (Lipinski definition) is 1. The number of nitrogens with one attached hydrogen (secondary N) is 1. The molecule has 3 heteroatoms. The molecule has 1 saturated heterocycles. The average Bonchev–Trinajstić information content (AvgIpc) is 2.48. The van der Waals surface area contributed by atoms with Gasteiger partial charge in [-0.3, -0.25) is 4.79 Å². The zero-order valence-corrected chi connectivity index (χ0v) is 13.6. The third-order valence-electron chi connectivity index (χ3n) is 4.28. The van der Waals surface area contributed by atoms with Crippen molar-refractivity contribution in [1.29, 1.82) is 0 Å². The number of hydrogen-bond acceptors (Lipinski definition) is 2. The number of carbonyl (C=O) groups is 1. The molecule has 1 aliphatic heterocycles. The third kappa shape index (κ3) is 3.78. The molecule has 1 unspecified atom stereocenters. The first-order valence-electron chi connectivity index (χ1n) is 8.32. The van der Waals surface area contributed by atoms with Crippen molar-refractivity contribution in [3.8, 4) is 0 Å². The first kappa shape index (κ1) is 15.9. The number of nitrogens with zero attached hydrogens (tertiary/aromatic N) is 1. The van der Waals surface area contributed by atoms with Gasteiger partial charge in [0.2, 0.25) is 0 Å². The molecule has 2 rings (SSSR count). The van der Waals surface area contributed by atoms with Gasteiger partial charge in [-0.1, -0.05) is 19.4 Å². The summed E-state index contributed by atoms with van der Waals surface area (Å²) in [4.78, 5) is 15.1. The Morgan fingerprint density at radius 2 is 2.14 bits per heavy atom. The molecule has 0 aromatic heterocycles. The van der Waals surface area contributed by atoms with E-state index in [1.165, 1.54) is 12.0 Å². The van der Waals surface area contributed by atoms with E-state index in [9.17, 15) is 4.79 Å². The maximum Gasteiger partial charge on any atom is 0.256 e. The molecule has 21 heavy (non-hydrogen) atoms. The van der Waals surface area contributed by atoms with E-state index in [-0.39, 0.29) is 5.91 Å². The minimum Gasteiger partial charge on any atom is -0.385 e. The average molecular weight is 288 g/mol. The number of piperidine rings is 1. The Morgan fingerprint density at radius 3 is 2.86 bits per heavy atom. The Morgan fingerprint density at radius 1 is 1.33 bits per heavy atom. The Bertz CT molecular complexity index is 482. The highest BCUT2D eigenvalue weighted by Gasteiger charge is 2.27. The monoisotopic (exact) mass is 288 g/mol. The minimum absolute atomic E-state index is 0.198. The second-order valence-corrected chi connectivity index (χ2v) is 6.02. The van der Waals surface area contributed by atoms with Crippen molar-refractivity contribution in [2.45, 2.75) is 58.9 Å². The Kier molecular flexibility index (Phi) is 5.66. The molecular formula is C18H28N2O. The van der Waals surface area contributed by atoms with Gasteiger partial charge in [-0.15, -0.1) is 0 Å². The normalized spacial score (nSPS) is 18.6. The van der Waals surface area contributed by atoms with Crippen LogP contribution in [0.25, 0.3) is 0 Å². The molecule has 1 atom stereocenters. The number of carbonyl (C=O) groups excluding carboxylic acids is 1. The Hall–Kier alpha value is -1.51. The molecule has 1 aromatic carbocycles. The van der Waals surface area contributed by atoms with Crippen LogP contribution in [-0.4, -0.2) is 29.9 Å². The minimum atomic E-state index is 0.198. The van der Waals surface area contributed by atoms with E-state index >= 15 is 0 Å². The van der Waals surface area contributed by atoms with Gasteiger partial charge in [-0.2, -0.15) is 0 Å². The summed E-state index contributed by atoms with van der Waals surface area (Å²) >= 11 is 0. The first-order valence-corrected chi connectivity index (χ1v) is 8.32. The summed E-state index contributed by atoms with van der Waals surface area (Å²) in [5.41, 5.74) is 2.99. The van der Waals surface area contributed by atoms with Crippen molar-refractivity contribution in [2.75, 3.05) is 18.4 Å². The van der Waals surface area contributed by atoms with Crippen LogP contribution in [0, 0.1) is 6.92 Å². The molecule has 0 saturated carbocycles. The summed E-state index contributed by atoms with van der Waals surface area (Å²) in [6.07, 6.45) is 5.80. The molecule has 1 aliphatic rings. The maximum absolute atomic E-state index is 13.0. The number of rotatable bonds is 5. The molecule has 1 N–H and O–H groups in total. The van der Waals surface area contributed by atoms with Gasteiger partial charge in [-0.05, 0) is 57.2 Å². The van der Waals surface area contributed by atoms with Gasteiger partial charge < -0.3 is 10.2 Å². The SMILES string of the molecule is CCCC1CCCCN1C(=O)c1ccc(C)cc1NCC. The lowest BCUT2D eigenvalue weighted by Gasteiger charge is -2.36. The molecule has 0 bridgehead atoms. The van der Waals surface area contributed by atoms with Crippen molar-refractivity contribution in [3.05, 3.63) is 29.3 Å². The van der Waals surface area contributed by atoms with Crippen LogP contribution in [0.15, 0.2) is 18.2 Å². The molecule has 0 spiro atoms. The second kappa shape index (κ2) is 7.48. The lowest BCUT2D eigenvalue weighted by atomic mass is 9.96. The topological polar surface area (TPSA) is 32.3 Å². The van der Waals surface area contributed by atoms with Crippen molar-refractivity contribution in [3.63, 3.8) is 0 Å². The van der Waals surface area contributed by atoms with Crippen molar-refractivity contribution in [2.24, 2.45) is 0 Å². The molecule has 3 nitrogen and oxygen atoms in total. The van der Waals surface area contributed by atoms with Gasteiger partial charge in [0.25, 0.3) is 5.91 Å². The van der Waals surface area contributed by atoms with E-state index in [4.69, 9.17) is 0 Å². The fourth-order valence-corrected chi connectivity index (χ4v) is 3.24. The van der Waals surface area contributed by atoms with Crippen LogP contribution in [0.1, 0.15) is 61.9 Å². The largest absolute Gasteiger partial charge is 0.385 e. The number of amides is 1. The van der Waals surface area contributed by atoms with E-state index in [0.717, 1.165) is 50.0 Å². The Labute approximate surface area is 128 Å². The van der Waals surface area contributed by atoms with E-state index in [1.54, 1.807) is 0 Å². The molecule has 116 valence electrons. The van der Waals surface area contributed by atoms with Crippen LogP contribution in [0.3, 0.4) is 0 Å². The van der Waals surface area contributed by atoms with Crippen LogP contribution in [0.5, 0.6) is 0 Å². The zero-order chi connectivity index (χ0) is 15.2. The molecule has 1 aromatic rings. The number of benzene rings is 1. The summed E-state index contributed by atoms with van der Waals surface area (Å²) < 4.78 is 0. The second-order valence-electron chi connectivity index (χ2n) is 6.02. The molecule has 1 fully saturated rings. The number of anilines is 1. The number of likely N-dealkylation sites (tertiary alicyclic amines) is 1. The third-order valence-corrected chi connectivity index (χ3v) is 4.28. The maximum atomic E-state index is 13.0. The quantitative estimate of drug-likeness (QED) is 0.879. The van der Waals surface area contributed by atoms with E-state index in [2.05, 4.69) is 37.1 Å². The molecule has 0 aliphatic carbocycles. The smallest absolute Gasteiger partial charge is 0.256 e. The van der Waals surface area contributed by atoms with E-state index in [0.29, 0.717) is 6.04 Å². The lowest BCUT2D eigenvalue weighted by molar-refractivity contribution is 0.0601. The van der Waals surface area contributed by atoms with Gasteiger partial charge in [-0.25, -0.2) is 0 Å². The fraction of sp³-hybridized carbons (Fsp3) is 0.611. The van der Waals surface area contributed by atoms with Crippen LogP contribution >= 0.6 is 0 Å². The molecule has 1 heterocycles. The first-order chi connectivity index (χ1) is 10.2. The summed E-state index contributed by atoms with van der Waals surface area (Å²) in [5.74, 6) is 0.198. The van der Waals surface area contributed by atoms with Gasteiger partial charge in [0.1, 0.15) is 0 Å². The highest BCUT2D eigenvalue weighted by Crippen LogP contribution is 2.26. The van der Waals surface area contributed by atoms with E-state index in [1.807, 2.05) is 12.1 Å². The predicted octanol–water partition coefficient (Wildman–Crippen LogP) is 4.22. The summed E-state index contributed by atoms with van der Waals surface area (Å²) in [6.45, 7) is 8.07. The van der Waals surface area contributed by atoms with Crippen LogP contribution in [0.4, 0.5) is 5.69 Å². The van der Waals surface area contributed by atoms with Crippen LogP contribution < -0.4 is 5.32 Å². The summed E-state index contributed by atoms with van der Waals surface area (Å²) in [6, 6.07) is 6.52. The zero-order valence-electron chi connectivity index (χ0n) is 13.6. The van der Waals surface area contributed by atoms with Crippen molar-refractivity contribution in [1.82, 2.24) is 4.90 Å². The van der Waals surface area contributed by atoms with Gasteiger partial charge >= 0.3 is 0 Å². The highest BCUT2D eigenvalue weighted by atomic mass is 16.2. The van der Waals surface area contributed by atoms with Crippen molar-refractivity contribution >= 4 is 11.6 Å². The summed E-state index contributed by atoms with van der Waals surface area (Å²) in [7, 11) is 0. The van der Waals surface area contributed by atoms with Gasteiger partial charge in [0.15, 0.2) is 0 Å². The molecule has 0 radical (unpaired) electrons. The van der Waals surface area contributed by atoms with E-state index < -0.39 is 0 Å². The summed E-state index contributed by atoms with van der Waals surface area (Å²) in [5, 5.41) is 3.34. The lowest BCUT2D eigenvalue weighted by Crippen LogP contribution is -2.43. The standard InChI is InChI=1S/C18H28N2O/c1-4-8-15-9-6-7-12-20(15)18(21)16-11-10-14(3)13-17(16)19-5-2/h10-11,13,15,19H,4-9,12H2,1-3H3. The highest BCUT2D eigenvalue weighted by molar-refractivity contribution is 6.00. The van der Waals surface area contributed by atoms with Crippen LogP contribution in [-0.2, 0) is 0 Å². The number of aryl methyl sites for hydroxylation is 1. The predicted molar refractivity (Wildman–Crippen MR) is 88.9 cm³/mol. The Balaban J connectivity index is 2.25. The van der Waals surface area contributed by atoms with Crippen molar-refractivity contribution < 1.29 is 4.79 Å². The van der Waals surface area contributed by atoms with Gasteiger partial charge in [0.05, 0.1) is 5.56 Å². The molecule has 1 amide bonds. The van der Waals surface area contributed by atoms with Crippen LogP contribution in [0.2, 0.25) is 0 Å². The fourth-order valence-electron chi connectivity index (χ4n) is 3.24.